The lowest BCUT2D eigenvalue weighted by Gasteiger charge is -2.38. The van der Waals surface area contributed by atoms with E-state index < -0.39 is 0 Å². The number of aryl methyl sites for hydroxylation is 1. The van der Waals surface area contributed by atoms with E-state index in [1.54, 1.807) is 12.0 Å². The molecule has 0 aromatic heterocycles. The van der Waals surface area contributed by atoms with Crippen molar-refractivity contribution in [1.82, 2.24) is 9.91 Å². The number of hydrogen-bond acceptors (Lipinski definition) is 7. The summed E-state index contributed by atoms with van der Waals surface area (Å²) in [6.07, 6.45) is 3.09. The number of para-hydroxylation sites is 1. The van der Waals surface area contributed by atoms with Crippen LogP contribution in [0.1, 0.15) is 52.1 Å². The molecule has 0 bridgehead atoms. The standard InChI is InChI=1S/C36H31N3O3S2/c1-23-7-13-26(14-8-23)30-22-31-29-5-3-4-6-32(29)42-35(39(31)37-30)27-15-9-25(10-16-27)21-33-34(40)38(36(43)44-33)20-19-24-11-17-28(41-2)18-12-24/h3-18,21,31,35H,19-20,22H2,1-2H3/b33-21-. The molecule has 3 aliphatic heterocycles. The van der Waals surface area contributed by atoms with Crippen LogP contribution in [-0.4, -0.2) is 39.5 Å². The zero-order valence-electron chi connectivity index (χ0n) is 24.5. The number of benzene rings is 4. The van der Waals surface area contributed by atoms with Crippen molar-refractivity contribution in [3.63, 3.8) is 0 Å². The molecule has 0 radical (unpaired) electrons. The summed E-state index contributed by atoms with van der Waals surface area (Å²) >= 11 is 6.92. The van der Waals surface area contributed by atoms with Crippen LogP contribution >= 0.6 is 24.0 Å². The summed E-state index contributed by atoms with van der Waals surface area (Å²) < 4.78 is 12.4. The molecule has 7 rings (SSSR count). The molecule has 2 unspecified atom stereocenters. The van der Waals surface area contributed by atoms with Gasteiger partial charge in [-0.1, -0.05) is 108 Å². The molecular formula is C36H31N3O3S2. The number of hydrogen-bond donors (Lipinski definition) is 0. The van der Waals surface area contributed by atoms with Gasteiger partial charge in [0.2, 0.25) is 6.23 Å². The second kappa shape index (κ2) is 11.9. The number of amides is 1. The Morgan fingerprint density at radius 2 is 1.75 bits per heavy atom. The van der Waals surface area contributed by atoms with Gasteiger partial charge in [0.25, 0.3) is 5.91 Å². The molecule has 1 saturated heterocycles. The minimum absolute atomic E-state index is 0.0531. The number of methoxy groups -OCH3 is 1. The van der Waals surface area contributed by atoms with Crippen molar-refractivity contribution < 1.29 is 14.3 Å². The van der Waals surface area contributed by atoms with Gasteiger partial charge in [-0.2, -0.15) is 5.10 Å². The number of hydrazone groups is 1. The summed E-state index contributed by atoms with van der Waals surface area (Å²) in [6.45, 7) is 2.63. The topological polar surface area (TPSA) is 54.4 Å². The number of thiocarbonyl (C=S) groups is 1. The first kappa shape index (κ1) is 28.4. The smallest absolute Gasteiger partial charge is 0.266 e. The summed E-state index contributed by atoms with van der Waals surface area (Å²) in [7, 11) is 1.65. The zero-order valence-corrected chi connectivity index (χ0v) is 26.1. The van der Waals surface area contributed by atoms with Crippen LogP contribution in [0.4, 0.5) is 0 Å². The first-order valence-electron chi connectivity index (χ1n) is 14.6. The predicted molar refractivity (Wildman–Crippen MR) is 180 cm³/mol. The van der Waals surface area contributed by atoms with Gasteiger partial charge in [0.05, 0.1) is 23.8 Å². The second-order valence-corrected chi connectivity index (χ2v) is 12.8. The average molecular weight is 618 g/mol. The normalized spacial score (nSPS) is 20.0. The zero-order chi connectivity index (χ0) is 30.2. The number of carbonyl (C=O) groups is 1. The fourth-order valence-corrected chi connectivity index (χ4v) is 7.12. The van der Waals surface area contributed by atoms with E-state index in [1.165, 1.54) is 17.3 Å². The average Bonchev–Trinajstić information content (AvgIpc) is 3.61. The number of rotatable bonds is 7. The highest BCUT2D eigenvalue weighted by Gasteiger charge is 2.41. The van der Waals surface area contributed by atoms with E-state index in [4.69, 9.17) is 26.8 Å². The molecule has 4 aromatic rings. The summed E-state index contributed by atoms with van der Waals surface area (Å²) in [5.74, 6) is 1.65. The van der Waals surface area contributed by atoms with E-state index in [0.29, 0.717) is 22.2 Å². The molecule has 0 saturated carbocycles. The van der Waals surface area contributed by atoms with E-state index in [0.717, 1.165) is 51.4 Å². The van der Waals surface area contributed by atoms with Crippen molar-refractivity contribution in [1.29, 1.82) is 0 Å². The van der Waals surface area contributed by atoms with Crippen LogP contribution in [0, 0.1) is 6.92 Å². The minimum atomic E-state index is -0.358. The summed E-state index contributed by atoms with van der Waals surface area (Å²) in [5.41, 5.74) is 7.64. The van der Waals surface area contributed by atoms with E-state index in [9.17, 15) is 4.79 Å². The fraction of sp³-hybridized carbons (Fsp3) is 0.194. The molecule has 0 aliphatic carbocycles. The molecule has 3 aliphatic rings. The third-order valence-corrected chi connectivity index (χ3v) is 9.64. The Hall–Kier alpha value is -4.40. The van der Waals surface area contributed by atoms with Gasteiger partial charge in [0, 0.05) is 24.1 Å². The van der Waals surface area contributed by atoms with Crippen molar-refractivity contribution in [2.75, 3.05) is 13.7 Å². The molecular weight excluding hydrogens is 587 g/mol. The SMILES string of the molecule is COc1ccc(CCN2C(=O)/C(=C/c3ccc(C4Oc5ccccc5C5CC(c6ccc(C)cc6)=NN54)cc3)SC2=S)cc1. The molecule has 1 fully saturated rings. The van der Waals surface area contributed by atoms with Crippen LogP contribution in [0.15, 0.2) is 107 Å². The van der Waals surface area contributed by atoms with Crippen molar-refractivity contribution in [3.05, 3.63) is 135 Å². The van der Waals surface area contributed by atoms with E-state index in [2.05, 4.69) is 60.5 Å². The molecule has 220 valence electrons. The van der Waals surface area contributed by atoms with Gasteiger partial charge >= 0.3 is 0 Å². The summed E-state index contributed by atoms with van der Waals surface area (Å²) in [5, 5.41) is 7.18. The lowest BCUT2D eigenvalue weighted by Crippen LogP contribution is -2.33. The highest BCUT2D eigenvalue weighted by molar-refractivity contribution is 8.26. The lowest BCUT2D eigenvalue weighted by atomic mass is 9.95. The van der Waals surface area contributed by atoms with Gasteiger partial charge < -0.3 is 9.47 Å². The molecule has 6 nitrogen and oxygen atoms in total. The number of carbonyl (C=O) groups excluding carboxylic acids is 1. The molecule has 0 N–H and O–H groups in total. The summed E-state index contributed by atoms with van der Waals surface area (Å²) in [4.78, 5) is 15.6. The Morgan fingerprint density at radius 1 is 1.00 bits per heavy atom. The third kappa shape index (κ3) is 5.51. The maximum Gasteiger partial charge on any atom is 0.266 e. The van der Waals surface area contributed by atoms with Gasteiger partial charge in [0.15, 0.2) is 0 Å². The van der Waals surface area contributed by atoms with Gasteiger partial charge in [-0.05, 0) is 54.3 Å². The van der Waals surface area contributed by atoms with Crippen LogP contribution in [0.5, 0.6) is 11.5 Å². The Morgan fingerprint density at radius 3 is 2.50 bits per heavy atom. The monoisotopic (exact) mass is 617 g/mol. The highest BCUT2D eigenvalue weighted by atomic mass is 32.2. The maximum absolute atomic E-state index is 13.3. The summed E-state index contributed by atoms with van der Waals surface area (Å²) in [6, 6.07) is 32.9. The van der Waals surface area contributed by atoms with E-state index in [1.807, 2.05) is 54.6 Å². The molecule has 44 heavy (non-hydrogen) atoms. The lowest BCUT2D eigenvalue weighted by molar-refractivity contribution is -0.122. The van der Waals surface area contributed by atoms with Gasteiger partial charge in [0.1, 0.15) is 15.8 Å². The van der Waals surface area contributed by atoms with Crippen molar-refractivity contribution in [3.8, 4) is 11.5 Å². The maximum atomic E-state index is 13.3. The molecule has 2 atom stereocenters. The van der Waals surface area contributed by atoms with Crippen molar-refractivity contribution in [2.24, 2.45) is 5.10 Å². The minimum Gasteiger partial charge on any atom is -0.497 e. The van der Waals surface area contributed by atoms with Crippen LogP contribution in [0.2, 0.25) is 0 Å². The number of fused-ring (bicyclic) bond motifs is 3. The third-order valence-electron chi connectivity index (χ3n) is 8.26. The molecule has 1 amide bonds. The first-order chi connectivity index (χ1) is 21.5. The number of nitrogens with zero attached hydrogens (tertiary/aromatic N) is 3. The van der Waals surface area contributed by atoms with Crippen LogP contribution in [0.25, 0.3) is 6.08 Å². The Kier molecular flexibility index (Phi) is 7.70. The van der Waals surface area contributed by atoms with Gasteiger partial charge in [-0.3, -0.25) is 9.69 Å². The van der Waals surface area contributed by atoms with Crippen molar-refractivity contribution >= 4 is 46.0 Å². The Bertz CT molecular complexity index is 1780. The second-order valence-electron chi connectivity index (χ2n) is 11.1. The first-order valence-corrected chi connectivity index (χ1v) is 15.9. The Labute approximate surface area is 267 Å². The Balaban J connectivity index is 1.09. The largest absolute Gasteiger partial charge is 0.497 e. The van der Waals surface area contributed by atoms with Gasteiger partial charge in [-0.15, -0.1) is 0 Å². The van der Waals surface area contributed by atoms with E-state index >= 15 is 0 Å². The quantitative estimate of drug-likeness (QED) is 0.157. The molecule has 8 heteroatoms. The highest BCUT2D eigenvalue weighted by Crippen LogP contribution is 2.47. The van der Waals surface area contributed by atoms with E-state index in [-0.39, 0.29) is 18.2 Å². The fourth-order valence-electron chi connectivity index (χ4n) is 5.81. The van der Waals surface area contributed by atoms with Crippen LogP contribution in [0.3, 0.4) is 0 Å². The number of ether oxygens (including phenoxy) is 2. The number of thioether (sulfide) groups is 1. The molecule has 4 aromatic carbocycles. The molecule has 0 spiro atoms. The van der Waals surface area contributed by atoms with Gasteiger partial charge in [-0.25, -0.2) is 5.01 Å². The van der Waals surface area contributed by atoms with Crippen molar-refractivity contribution in [2.45, 2.75) is 32.0 Å². The van der Waals surface area contributed by atoms with Crippen LogP contribution < -0.4 is 9.47 Å². The molecule has 3 heterocycles. The van der Waals surface area contributed by atoms with Crippen LogP contribution in [-0.2, 0) is 11.2 Å². The predicted octanol–water partition coefficient (Wildman–Crippen LogP) is 7.69.